The Morgan fingerprint density at radius 2 is 1.80 bits per heavy atom. The fraction of sp³-hybridized carbons (Fsp3) is 0.235. The van der Waals surface area contributed by atoms with E-state index in [-0.39, 0.29) is 11.5 Å². The summed E-state index contributed by atoms with van der Waals surface area (Å²) in [5.74, 6) is -0.577. The summed E-state index contributed by atoms with van der Waals surface area (Å²) in [4.78, 5) is 12.6. The Bertz CT molecular complexity index is 649. The van der Waals surface area contributed by atoms with E-state index in [0.717, 1.165) is 24.0 Å². The van der Waals surface area contributed by atoms with E-state index >= 15 is 0 Å². The van der Waals surface area contributed by atoms with E-state index in [0.29, 0.717) is 11.1 Å². The van der Waals surface area contributed by atoms with Crippen molar-refractivity contribution < 1.29 is 9.18 Å². The van der Waals surface area contributed by atoms with Crippen molar-refractivity contribution in [3.05, 3.63) is 64.5 Å². The highest BCUT2D eigenvalue weighted by Crippen LogP contribution is 2.22. The van der Waals surface area contributed by atoms with Gasteiger partial charge >= 0.3 is 0 Å². The molecule has 2 aromatic carbocycles. The molecule has 0 saturated heterocycles. The van der Waals surface area contributed by atoms with Crippen LogP contribution in [0.4, 0.5) is 10.1 Å². The van der Waals surface area contributed by atoms with Crippen LogP contribution in [0.3, 0.4) is 0 Å². The molecule has 0 fully saturated rings. The summed E-state index contributed by atoms with van der Waals surface area (Å²) in [5.41, 5.74) is 9.04. The molecule has 3 heteroatoms. The zero-order valence-electron chi connectivity index (χ0n) is 11.7. The van der Waals surface area contributed by atoms with Crippen LogP contribution in [-0.4, -0.2) is 5.78 Å². The number of anilines is 1. The average molecular weight is 271 g/mol. The van der Waals surface area contributed by atoms with Crippen LogP contribution in [0.5, 0.6) is 0 Å². The van der Waals surface area contributed by atoms with E-state index in [1.807, 2.05) is 32.0 Å². The highest BCUT2D eigenvalue weighted by molar-refractivity contribution is 6.13. The Balaban J connectivity index is 2.51. The summed E-state index contributed by atoms with van der Waals surface area (Å²) in [5, 5.41) is 0. The van der Waals surface area contributed by atoms with Gasteiger partial charge in [0.2, 0.25) is 0 Å². The summed E-state index contributed by atoms with van der Waals surface area (Å²) >= 11 is 0. The van der Waals surface area contributed by atoms with Crippen molar-refractivity contribution in [2.24, 2.45) is 0 Å². The molecule has 2 N–H and O–H groups in total. The number of benzene rings is 2. The van der Waals surface area contributed by atoms with E-state index in [1.165, 1.54) is 18.2 Å². The first-order valence-corrected chi connectivity index (χ1v) is 6.78. The van der Waals surface area contributed by atoms with Crippen LogP contribution in [0.2, 0.25) is 0 Å². The molecule has 2 aromatic rings. The minimum absolute atomic E-state index is 0.144. The van der Waals surface area contributed by atoms with Gasteiger partial charge in [-0.15, -0.1) is 0 Å². The maximum atomic E-state index is 13.1. The lowest BCUT2D eigenvalue weighted by atomic mass is 9.93. The number of halogens is 1. The minimum Gasteiger partial charge on any atom is -0.398 e. The fourth-order valence-corrected chi connectivity index (χ4v) is 2.25. The van der Waals surface area contributed by atoms with Crippen molar-refractivity contribution in [3.8, 4) is 0 Å². The van der Waals surface area contributed by atoms with Crippen LogP contribution in [-0.2, 0) is 12.8 Å². The Hall–Kier alpha value is -2.16. The summed E-state index contributed by atoms with van der Waals surface area (Å²) in [7, 11) is 0. The number of nitrogen functional groups attached to an aromatic ring is 1. The largest absolute Gasteiger partial charge is 0.398 e. The average Bonchev–Trinajstić information content (AvgIpc) is 2.46. The van der Waals surface area contributed by atoms with Crippen molar-refractivity contribution in [2.75, 3.05) is 5.73 Å². The van der Waals surface area contributed by atoms with E-state index in [4.69, 9.17) is 5.73 Å². The third-order valence-corrected chi connectivity index (χ3v) is 3.47. The maximum Gasteiger partial charge on any atom is 0.195 e. The zero-order valence-corrected chi connectivity index (χ0v) is 11.7. The van der Waals surface area contributed by atoms with Gasteiger partial charge in [0.15, 0.2) is 5.78 Å². The number of carbonyl (C=O) groups excluding carboxylic acids is 1. The lowest BCUT2D eigenvalue weighted by Gasteiger charge is -2.11. The van der Waals surface area contributed by atoms with Gasteiger partial charge in [-0.1, -0.05) is 26.0 Å². The number of aryl methyl sites for hydroxylation is 2. The molecule has 2 nitrogen and oxygen atoms in total. The molecule has 0 aromatic heterocycles. The van der Waals surface area contributed by atoms with Gasteiger partial charge in [0, 0.05) is 16.8 Å². The molecule has 0 radical (unpaired) electrons. The highest BCUT2D eigenvalue weighted by Gasteiger charge is 2.16. The number of carbonyl (C=O) groups is 1. The van der Waals surface area contributed by atoms with Crippen LogP contribution in [0.15, 0.2) is 36.4 Å². The molecule has 0 amide bonds. The molecular weight excluding hydrogens is 253 g/mol. The van der Waals surface area contributed by atoms with Crippen LogP contribution < -0.4 is 5.73 Å². The molecule has 104 valence electrons. The standard InChI is InChI=1S/C17H18FNO/c1-3-11-5-6-12(4-2)15(9-11)17(20)14-8-7-13(18)10-16(14)19/h5-10H,3-4,19H2,1-2H3. The topological polar surface area (TPSA) is 43.1 Å². The van der Waals surface area contributed by atoms with Crippen molar-refractivity contribution in [3.63, 3.8) is 0 Å². The van der Waals surface area contributed by atoms with Crippen molar-refractivity contribution in [1.82, 2.24) is 0 Å². The third-order valence-electron chi connectivity index (χ3n) is 3.47. The fourth-order valence-electron chi connectivity index (χ4n) is 2.25. The van der Waals surface area contributed by atoms with Gasteiger partial charge < -0.3 is 5.73 Å². The normalized spacial score (nSPS) is 10.6. The number of rotatable bonds is 4. The lowest BCUT2D eigenvalue weighted by Crippen LogP contribution is -2.09. The molecule has 0 bridgehead atoms. The monoisotopic (exact) mass is 271 g/mol. The number of hydrogen-bond acceptors (Lipinski definition) is 2. The van der Waals surface area contributed by atoms with Gasteiger partial charge in [-0.2, -0.15) is 0 Å². The first kappa shape index (κ1) is 14.3. The van der Waals surface area contributed by atoms with Crippen LogP contribution in [0.1, 0.15) is 40.9 Å². The van der Waals surface area contributed by atoms with Crippen molar-refractivity contribution in [2.45, 2.75) is 26.7 Å². The van der Waals surface area contributed by atoms with Crippen LogP contribution >= 0.6 is 0 Å². The zero-order chi connectivity index (χ0) is 14.7. The van der Waals surface area contributed by atoms with Crippen LogP contribution in [0, 0.1) is 5.82 Å². The molecule has 2 rings (SSSR count). The molecular formula is C17H18FNO. The molecule has 0 aliphatic rings. The van der Waals surface area contributed by atoms with Gasteiger partial charge in [-0.05, 0) is 48.2 Å². The summed E-state index contributed by atoms with van der Waals surface area (Å²) in [6.07, 6.45) is 1.63. The Kier molecular flexibility index (Phi) is 4.18. The second-order valence-corrected chi connectivity index (χ2v) is 4.76. The van der Waals surface area contributed by atoms with E-state index in [2.05, 4.69) is 0 Å². The Morgan fingerprint density at radius 3 is 2.40 bits per heavy atom. The molecule has 20 heavy (non-hydrogen) atoms. The second kappa shape index (κ2) is 5.87. The summed E-state index contributed by atoms with van der Waals surface area (Å²) in [6, 6.07) is 9.81. The van der Waals surface area contributed by atoms with Gasteiger partial charge in [-0.3, -0.25) is 4.79 Å². The smallest absolute Gasteiger partial charge is 0.195 e. The molecule has 0 heterocycles. The molecule has 0 spiro atoms. The van der Waals surface area contributed by atoms with E-state index in [9.17, 15) is 9.18 Å². The van der Waals surface area contributed by atoms with Crippen molar-refractivity contribution in [1.29, 1.82) is 0 Å². The molecule has 0 aliphatic carbocycles. The van der Waals surface area contributed by atoms with E-state index < -0.39 is 5.82 Å². The summed E-state index contributed by atoms with van der Waals surface area (Å²) in [6.45, 7) is 4.05. The number of hydrogen-bond donors (Lipinski definition) is 1. The third kappa shape index (κ3) is 2.72. The first-order valence-electron chi connectivity index (χ1n) is 6.78. The first-order chi connectivity index (χ1) is 9.56. The Morgan fingerprint density at radius 1 is 1.05 bits per heavy atom. The second-order valence-electron chi connectivity index (χ2n) is 4.76. The van der Waals surface area contributed by atoms with E-state index in [1.54, 1.807) is 0 Å². The predicted molar refractivity (Wildman–Crippen MR) is 79.4 cm³/mol. The molecule has 0 saturated carbocycles. The summed E-state index contributed by atoms with van der Waals surface area (Å²) < 4.78 is 13.1. The SMILES string of the molecule is CCc1ccc(CC)c(C(=O)c2ccc(F)cc2N)c1. The molecule has 0 aliphatic heterocycles. The quantitative estimate of drug-likeness (QED) is 0.679. The maximum absolute atomic E-state index is 13.1. The van der Waals surface area contributed by atoms with Gasteiger partial charge in [0.1, 0.15) is 5.82 Å². The number of nitrogens with two attached hydrogens (primary N) is 1. The molecule has 0 unspecified atom stereocenters. The van der Waals surface area contributed by atoms with Crippen LogP contribution in [0.25, 0.3) is 0 Å². The lowest BCUT2D eigenvalue weighted by molar-refractivity contribution is 0.103. The molecule has 0 atom stereocenters. The highest BCUT2D eigenvalue weighted by atomic mass is 19.1. The van der Waals surface area contributed by atoms with Gasteiger partial charge in [0.25, 0.3) is 0 Å². The minimum atomic E-state index is -0.433. The predicted octanol–water partition coefficient (Wildman–Crippen LogP) is 3.76. The Labute approximate surface area is 118 Å². The number of ketones is 1. The van der Waals surface area contributed by atoms with Gasteiger partial charge in [-0.25, -0.2) is 4.39 Å². The van der Waals surface area contributed by atoms with Gasteiger partial charge in [0.05, 0.1) is 0 Å². The van der Waals surface area contributed by atoms with Crippen molar-refractivity contribution >= 4 is 11.5 Å².